The Bertz CT molecular complexity index is 543. The van der Waals surface area contributed by atoms with Crippen LogP contribution in [0.4, 0.5) is 5.69 Å². The van der Waals surface area contributed by atoms with Crippen molar-refractivity contribution in [1.82, 2.24) is 4.90 Å². The number of rotatable bonds is 8. The Morgan fingerprint density at radius 1 is 1.29 bits per heavy atom. The molecule has 1 saturated heterocycles. The molecule has 24 heavy (non-hydrogen) atoms. The van der Waals surface area contributed by atoms with Crippen molar-refractivity contribution in [3.8, 4) is 0 Å². The number of nitrogens with zero attached hydrogens (tertiary/aromatic N) is 2. The van der Waals surface area contributed by atoms with Gasteiger partial charge in [-0.15, -0.1) is 0 Å². The number of hydrogen-bond donors (Lipinski definition) is 0. The van der Waals surface area contributed by atoms with Gasteiger partial charge in [-0.3, -0.25) is 9.59 Å². The molecular weight excluding hydrogens is 304 g/mol. The summed E-state index contributed by atoms with van der Waals surface area (Å²) in [6, 6.07) is 9.77. The van der Waals surface area contributed by atoms with E-state index in [0.29, 0.717) is 19.7 Å². The lowest BCUT2D eigenvalue weighted by molar-refractivity contribution is -0.139. The number of amides is 2. The maximum atomic E-state index is 13.0. The molecule has 1 aromatic carbocycles. The van der Waals surface area contributed by atoms with Crippen LogP contribution in [0.25, 0.3) is 0 Å². The fraction of sp³-hybridized carbons (Fsp3) is 0.579. The van der Waals surface area contributed by atoms with Gasteiger partial charge in [-0.2, -0.15) is 0 Å². The second-order valence-corrected chi connectivity index (χ2v) is 6.24. The number of methoxy groups -OCH3 is 1. The number of anilines is 1. The zero-order valence-electron chi connectivity index (χ0n) is 14.9. The highest BCUT2D eigenvalue weighted by atomic mass is 16.5. The van der Waals surface area contributed by atoms with Crippen LogP contribution in [0.1, 0.15) is 33.1 Å². The summed E-state index contributed by atoms with van der Waals surface area (Å²) in [4.78, 5) is 29.0. The summed E-state index contributed by atoms with van der Waals surface area (Å²) in [5.41, 5.74) is 0.865. The van der Waals surface area contributed by atoms with Gasteiger partial charge in [0, 0.05) is 38.3 Å². The third-order valence-electron chi connectivity index (χ3n) is 4.74. The van der Waals surface area contributed by atoms with E-state index < -0.39 is 0 Å². The molecule has 2 rings (SSSR count). The van der Waals surface area contributed by atoms with E-state index in [0.717, 1.165) is 18.5 Å². The topological polar surface area (TPSA) is 49.9 Å². The van der Waals surface area contributed by atoms with Gasteiger partial charge in [0.15, 0.2) is 0 Å². The van der Waals surface area contributed by atoms with Crippen LogP contribution in [-0.4, -0.2) is 49.6 Å². The first-order valence-corrected chi connectivity index (χ1v) is 8.77. The smallest absolute Gasteiger partial charge is 0.228 e. The molecule has 0 radical (unpaired) electrons. The van der Waals surface area contributed by atoms with Crippen LogP contribution in [0.15, 0.2) is 30.3 Å². The Hall–Kier alpha value is -1.88. The average molecular weight is 332 g/mol. The molecule has 1 aliphatic rings. The molecule has 0 bridgehead atoms. The minimum Gasteiger partial charge on any atom is -0.383 e. The minimum absolute atomic E-state index is 0.0239. The van der Waals surface area contributed by atoms with Crippen molar-refractivity contribution in [2.45, 2.75) is 39.2 Å². The van der Waals surface area contributed by atoms with E-state index in [2.05, 4.69) is 13.8 Å². The van der Waals surface area contributed by atoms with Gasteiger partial charge in [-0.1, -0.05) is 32.0 Å². The van der Waals surface area contributed by atoms with Crippen molar-refractivity contribution in [3.63, 3.8) is 0 Å². The molecular formula is C19H28N2O3. The van der Waals surface area contributed by atoms with Crippen molar-refractivity contribution in [2.24, 2.45) is 5.92 Å². The molecule has 1 unspecified atom stereocenters. The van der Waals surface area contributed by atoms with E-state index in [1.54, 1.807) is 12.0 Å². The highest BCUT2D eigenvalue weighted by Crippen LogP contribution is 2.27. The van der Waals surface area contributed by atoms with Crippen LogP contribution >= 0.6 is 0 Å². The Labute approximate surface area is 144 Å². The molecule has 1 aromatic rings. The zero-order chi connectivity index (χ0) is 17.5. The van der Waals surface area contributed by atoms with Gasteiger partial charge in [0.1, 0.15) is 0 Å². The summed E-state index contributed by atoms with van der Waals surface area (Å²) in [7, 11) is 1.64. The van der Waals surface area contributed by atoms with Crippen molar-refractivity contribution >= 4 is 17.5 Å². The van der Waals surface area contributed by atoms with Crippen LogP contribution in [0.2, 0.25) is 0 Å². The molecule has 1 fully saturated rings. The fourth-order valence-corrected chi connectivity index (χ4v) is 3.36. The van der Waals surface area contributed by atoms with Crippen LogP contribution < -0.4 is 4.90 Å². The van der Waals surface area contributed by atoms with E-state index in [9.17, 15) is 9.59 Å². The van der Waals surface area contributed by atoms with E-state index in [-0.39, 0.29) is 30.2 Å². The molecule has 0 aliphatic carbocycles. The molecule has 0 aromatic heterocycles. The number of para-hydroxylation sites is 1. The predicted molar refractivity (Wildman–Crippen MR) is 94.9 cm³/mol. The Balaban J connectivity index is 2.11. The largest absolute Gasteiger partial charge is 0.383 e. The van der Waals surface area contributed by atoms with Crippen LogP contribution in [0, 0.1) is 5.92 Å². The monoisotopic (exact) mass is 332 g/mol. The van der Waals surface area contributed by atoms with Gasteiger partial charge in [0.05, 0.1) is 12.5 Å². The molecule has 0 N–H and O–H groups in total. The van der Waals surface area contributed by atoms with Gasteiger partial charge in [-0.25, -0.2) is 0 Å². The summed E-state index contributed by atoms with van der Waals surface area (Å²) < 4.78 is 5.16. The lowest BCUT2D eigenvalue weighted by Crippen LogP contribution is -2.45. The van der Waals surface area contributed by atoms with E-state index in [1.165, 1.54) is 0 Å². The van der Waals surface area contributed by atoms with E-state index >= 15 is 0 Å². The van der Waals surface area contributed by atoms with Crippen LogP contribution in [0.5, 0.6) is 0 Å². The first-order valence-electron chi connectivity index (χ1n) is 8.77. The maximum absolute atomic E-state index is 13.0. The van der Waals surface area contributed by atoms with Gasteiger partial charge in [0.2, 0.25) is 11.8 Å². The predicted octanol–water partition coefficient (Wildman–Crippen LogP) is 2.70. The molecule has 1 aliphatic heterocycles. The number of benzene rings is 1. The molecule has 0 spiro atoms. The molecule has 132 valence electrons. The van der Waals surface area contributed by atoms with Crippen LogP contribution in [0.3, 0.4) is 0 Å². The maximum Gasteiger partial charge on any atom is 0.228 e. The van der Waals surface area contributed by atoms with Crippen molar-refractivity contribution in [1.29, 1.82) is 0 Å². The summed E-state index contributed by atoms with van der Waals surface area (Å²) in [6.45, 7) is 5.75. The first-order chi connectivity index (χ1) is 11.6. The number of ether oxygens (including phenoxy) is 1. The summed E-state index contributed by atoms with van der Waals surface area (Å²) in [6.07, 6.45) is 2.11. The number of carbonyl (C=O) groups is 2. The standard InChI is InChI=1S/C19H28N2O3/c1-4-16(5-2)20(11-12-24-3)19(23)15-13-18(22)21(14-15)17-9-7-6-8-10-17/h6-10,15-16H,4-5,11-14H2,1-3H3. The minimum atomic E-state index is -0.268. The summed E-state index contributed by atoms with van der Waals surface area (Å²) >= 11 is 0. The molecule has 5 nitrogen and oxygen atoms in total. The summed E-state index contributed by atoms with van der Waals surface area (Å²) in [5.74, 6) is -0.168. The van der Waals surface area contributed by atoms with Gasteiger partial charge < -0.3 is 14.5 Å². The second kappa shape index (κ2) is 8.83. The molecule has 1 heterocycles. The number of hydrogen-bond acceptors (Lipinski definition) is 3. The van der Waals surface area contributed by atoms with Crippen molar-refractivity contribution < 1.29 is 14.3 Å². The number of carbonyl (C=O) groups excluding carboxylic acids is 2. The molecule has 5 heteroatoms. The summed E-state index contributed by atoms with van der Waals surface area (Å²) in [5, 5.41) is 0. The van der Waals surface area contributed by atoms with Crippen LogP contribution in [-0.2, 0) is 14.3 Å². The quantitative estimate of drug-likeness (QED) is 0.735. The Morgan fingerprint density at radius 2 is 1.96 bits per heavy atom. The van der Waals surface area contributed by atoms with E-state index in [1.807, 2.05) is 35.2 Å². The first kappa shape index (κ1) is 18.5. The molecule has 2 amide bonds. The Kier molecular flexibility index (Phi) is 6.79. The van der Waals surface area contributed by atoms with E-state index in [4.69, 9.17) is 4.74 Å². The molecule has 1 atom stereocenters. The SMILES string of the molecule is CCC(CC)N(CCOC)C(=O)C1CC(=O)N(c2ccccc2)C1. The third-order valence-corrected chi connectivity index (χ3v) is 4.74. The van der Waals surface area contributed by atoms with Gasteiger partial charge >= 0.3 is 0 Å². The third kappa shape index (κ3) is 4.15. The highest BCUT2D eigenvalue weighted by Gasteiger charge is 2.38. The normalized spacial score (nSPS) is 17.6. The van der Waals surface area contributed by atoms with Gasteiger partial charge in [0.25, 0.3) is 0 Å². The average Bonchev–Trinajstić information content (AvgIpc) is 3.00. The second-order valence-electron chi connectivity index (χ2n) is 6.24. The lowest BCUT2D eigenvalue weighted by Gasteiger charge is -2.32. The van der Waals surface area contributed by atoms with Crippen molar-refractivity contribution in [2.75, 3.05) is 31.7 Å². The Morgan fingerprint density at radius 3 is 2.54 bits per heavy atom. The highest BCUT2D eigenvalue weighted by molar-refractivity contribution is 6.00. The van der Waals surface area contributed by atoms with Gasteiger partial charge in [-0.05, 0) is 25.0 Å². The van der Waals surface area contributed by atoms with Crippen molar-refractivity contribution in [3.05, 3.63) is 30.3 Å². The zero-order valence-corrected chi connectivity index (χ0v) is 14.9. The lowest BCUT2D eigenvalue weighted by atomic mass is 10.0. The fourth-order valence-electron chi connectivity index (χ4n) is 3.36. The molecule has 0 saturated carbocycles.